The fourth-order valence-corrected chi connectivity index (χ4v) is 3.06. The van der Waals surface area contributed by atoms with Gasteiger partial charge in [-0.1, -0.05) is 72.8 Å². The SMILES string of the molecule is C1=Cc2ccsc2C1.c1ccc(-c2ccccc2)cc1. The van der Waals surface area contributed by atoms with Crippen LogP contribution in [0.4, 0.5) is 0 Å². The fraction of sp³-hybridized carbons (Fsp3) is 0.0526. The maximum Gasteiger partial charge on any atom is 0.0155 e. The first kappa shape index (κ1) is 12.9. The Morgan fingerprint density at radius 3 is 1.85 bits per heavy atom. The van der Waals surface area contributed by atoms with Crippen LogP contribution in [0.2, 0.25) is 0 Å². The molecule has 0 N–H and O–H groups in total. The Morgan fingerprint density at radius 2 is 1.30 bits per heavy atom. The lowest BCUT2D eigenvalue weighted by molar-refractivity contribution is 1.40. The van der Waals surface area contributed by atoms with Crippen LogP contribution in [-0.4, -0.2) is 0 Å². The molecule has 0 aliphatic heterocycles. The van der Waals surface area contributed by atoms with Crippen molar-refractivity contribution < 1.29 is 0 Å². The molecule has 1 aromatic heterocycles. The van der Waals surface area contributed by atoms with Gasteiger partial charge in [0.15, 0.2) is 0 Å². The van der Waals surface area contributed by atoms with Crippen LogP contribution >= 0.6 is 11.3 Å². The Kier molecular flexibility index (Phi) is 4.10. The third-order valence-corrected chi connectivity index (χ3v) is 4.22. The molecular formula is C19H16S. The zero-order chi connectivity index (χ0) is 13.6. The molecule has 98 valence electrons. The lowest BCUT2D eigenvalue weighted by Crippen LogP contribution is -1.73. The number of fused-ring (bicyclic) bond motifs is 1. The predicted octanol–water partition coefficient (Wildman–Crippen LogP) is 5.67. The molecule has 3 aromatic rings. The van der Waals surface area contributed by atoms with Gasteiger partial charge in [0.25, 0.3) is 0 Å². The molecular weight excluding hydrogens is 260 g/mol. The highest BCUT2D eigenvalue weighted by atomic mass is 32.1. The second kappa shape index (κ2) is 6.36. The summed E-state index contributed by atoms with van der Waals surface area (Å²) in [7, 11) is 0. The summed E-state index contributed by atoms with van der Waals surface area (Å²) in [6.07, 6.45) is 5.56. The zero-order valence-electron chi connectivity index (χ0n) is 11.2. The van der Waals surface area contributed by atoms with E-state index in [0.29, 0.717) is 0 Å². The molecule has 0 fully saturated rings. The molecule has 4 rings (SSSR count). The second-order valence-corrected chi connectivity index (χ2v) is 5.64. The molecule has 0 nitrogen and oxygen atoms in total. The normalized spacial score (nSPS) is 11.6. The minimum atomic E-state index is 1.16. The van der Waals surface area contributed by atoms with Crippen molar-refractivity contribution in [3.63, 3.8) is 0 Å². The molecule has 1 aliphatic carbocycles. The second-order valence-electron chi connectivity index (χ2n) is 4.64. The van der Waals surface area contributed by atoms with E-state index in [-0.39, 0.29) is 0 Å². The predicted molar refractivity (Wildman–Crippen MR) is 88.9 cm³/mol. The lowest BCUT2D eigenvalue weighted by Gasteiger charge is -1.98. The topological polar surface area (TPSA) is 0 Å². The van der Waals surface area contributed by atoms with Crippen molar-refractivity contribution in [1.82, 2.24) is 0 Å². The molecule has 0 spiro atoms. The van der Waals surface area contributed by atoms with Gasteiger partial charge in [-0.2, -0.15) is 0 Å². The quantitative estimate of drug-likeness (QED) is 0.537. The van der Waals surface area contributed by atoms with Crippen molar-refractivity contribution >= 4 is 17.4 Å². The number of thiophene rings is 1. The standard InChI is InChI=1S/C12H10.C7H6S/c1-3-7-11(8-4-1)12-9-5-2-6-10-12;1-2-6-4-5-8-7(6)3-1/h1-10H;1-2,4-5H,3H2. The first-order chi connectivity index (χ1) is 9.93. The lowest BCUT2D eigenvalue weighted by atomic mass is 10.1. The minimum absolute atomic E-state index is 1.16. The molecule has 0 saturated heterocycles. The average molecular weight is 276 g/mol. The van der Waals surface area contributed by atoms with E-state index in [1.165, 1.54) is 21.6 Å². The summed E-state index contributed by atoms with van der Waals surface area (Å²) < 4.78 is 0. The van der Waals surface area contributed by atoms with Crippen LogP contribution in [0, 0.1) is 0 Å². The maximum atomic E-state index is 2.21. The van der Waals surface area contributed by atoms with Crippen molar-refractivity contribution in [2.45, 2.75) is 6.42 Å². The first-order valence-electron chi connectivity index (χ1n) is 6.77. The first-order valence-corrected chi connectivity index (χ1v) is 7.65. The smallest absolute Gasteiger partial charge is 0.0155 e. The fourth-order valence-electron chi connectivity index (χ4n) is 2.22. The van der Waals surface area contributed by atoms with E-state index in [4.69, 9.17) is 0 Å². The molecule has 20 heavy (non-hydrogen) atoms. The van der Waals surface area contributed by atoms with Crippen LogP contribution < -0.4 is 0 Å². The summed E-state index contributed by atoms with van der Waals surface area (Å²) in [6.45, 7) is 0. The summed E-state index contributed by atoms with van der Waals surface area (Å²) in [4.78, 5) is 1.52. The van der Waals surface area contributed by atoms with Gasteiger partial charge in [-0.3, -0.25) is 0 Å². The van der Waals surface area contributed by atoms with E-state index in [1.807, 2.05) is 23.5 Å². The van der Waals surface area contributed by atoms with Gasteiger partial charge in [-0.25, -0.2) is 0 Å². The van der Waals surface area contributed by atoms with Crippen molar-refractivity contribution in [2.75, 3.05) is 0 Å². The van der Waals surface area contributed by atoms with E-state index < -0.39 is 0 Å². The van der Waals surface area contributed by atoms with E-state index in [0.717, 1.165) is 6.42 Å². The summed E-state index contributed by atoms with van der Waals surface area (Å²) in [5, 5.41) is 2.15. The van der Waals surface area contributed by atoms with Gasteiger partial charge in [0, 0.05) is 11.3 Å². The largest absolute Gasteiger partial charge is 0.148 e. The van der Waals surface area contributed by atoms with Gasteiger partial charge in [0.1, 0.15) is 0 Å². The molecule has 0 saturated carbocycles. The van der Waals surface area contributed by atoms with Crippen molar-refractivity contribution in [2.24, 2.45) is 0 Å². The number of allylic oxidation sites excluding steroid dienone is 1. The monoisotopic (exact) mass is 276 g/mol. The summed E-state index contributed by atoms with van der Waals surface area (Å²) in [5.74, 6) is 0. The van der Waals surface area contributed by atoms with Gasteiger partial charge in [-0.15, -0.1) is 11.3 Å². The van der Waals surface area contributed by atoms with Gasteiger partial charge in [0.05, 0.1) is 0 Å². The minimum Gasteiger partial charge on any atom is -0.148 e. The molecule has 2 aromatic carbocycles. The maximum absolute atomic E-state index is 2.21. The van der Waals surface area contributed by atoms with Gasteiger partial charge in [-0.05, 0) is 28.1 Å². The Labute approximate surface area is 124 Å². The highest BCUT2D eigenvalue weighted by molar-refractivity contribution is 7.10. The van der Waals surface area contributed by atoms with Gasteiger partial charge in [0.2, 0.25) is 0 Å². The molecule has 0 amide bonds. The van der Waals surface area contributed by atoms with Crippen LogP contribution in [0.1, 0.15) is 10.4 Å². The number of rotatable bonds is 1. The van der Waals surface area contributed by atoms with Crippen LogP contribution in [-0.2, 0) is 6.42 Å². The average Bonchev–Trinajstić information content (AvgIpc) is 3.14. The van der Waals surface area contributed by atoms with Crippen LogP contribution in [0.3, 0.4) is 0 Å². The van der Waals surface area contributed by atoms with E-state index in [9.17, 15) is 0 Å². The van der Waals surface area contributed by atoms with Gasteiger partial charge < -0.3 is 0 Å². The highest BCUT2D eigenvalue weighted by Crippen LogP contribution is 2.24. The molecule has 1 heterocycles. The Balaban J connectivity index is 0.000000131. The molecule has 1 aliphatic rings. The number of benzene rings is 2. The summed E-state index contributed by atoms with van der Waals surface area (Å²) in [6, 6.07) is 23.0. The summed E-state index contributed by atoms with van der Waals surface area (Å²) in [5.41, 5.74) is 3.98. The third kappa shape index (κ3) is 3.06. The molecule has 0 atom stereocenters. The summed E-state index contributed by atoms with van der Waals surface area (Å²) >= 11 is 1.85. The molecule has 0 bridgehead atoms. The van der Waals surface area contributed by atoms with Crippen molar-refractivity contribution in [1.29, 1.82) is 0 Å². The third-order valence-electron chi connectivity index (χ3n) is 3.26. The number of hydrogen-bond donors (Lipinski definition) is 0. The van der Waals surface area contributed by atoms with Crippen molar-refractivity contribution in [3.05, 3.63) is 88.6 Å². The Bertz CT molecular complexity index is 641. The van der Waals surface area contributed by atoms with Crippen LogP contribution in [0.5, 0.6) is 0 Å². The van der Waals surface area contributed by atoms with Crippen LogP contribution in [0.25, 0.3) is 17.2 Å². The Morgan fingerprint density at radius 1 is 0.700 bits per heavy atom. The van der Waals surface area contributed by atoms with E-state index in [2.05, 4.69) is 72.1 Å². The molecule has 0 radical (unpaired) electrons. The zero-order valence-corrected chi connectivity index (χ0v) is 12.0. The van der Waals surface area contributed by atoms with Crippen molar-refractivity contribution in [3.8, 4) is 11.1 Å². The molecule has 1 heteroatoms. The number of hydrogen-bond acceptors (Lipinski definition) is 1. The Hall–Kier alpha value is -2.12. The van der Waals surface area contributed by atoms with E-state index >= 15 is 0 Å². The highest BCUT2D eigenvalue weighted by Gasteiger charge is 2.03. The molecule has 0 unspecified atom stereocenters. The van der Waals surface area contributed by atoms with Crippen LogP contribution in [0.15, 0.2) is 78.2 Å². The van der Waals surface area contributed by atoms with Gasteiger partial charge >= 0.3 is 0 Å². The van der Waals surface area contributed by atoms with E-state index in [1.54, 1.807) is 0 Å².